The van der Waals surface area contributed by atoms with Gasteiger partial charge >= 0.3 is 0 Å². The number of nitrogen functional groups attached to an aromatic ring is 1. The molecule has 0 radical (unpaired) electrons. The first-order valence-corrected chi connectivity index (χ1v) is 13.0. The summed E-state index contributed by atoms with van der Waals surface area (Å²) in [5.41, 5.74) is 9.86. The Morgan fingerprint density at radius 3 is 2.26 bits per heavy atom. The zero-order chi connectivity index (χ0) is 26.2. The number of hydrogen-bond acceptors (Lipinski definition) is 6. The molecule has 0 saturated carbocycles. The quantitative estimate of drug-likeness (QED) is 0.295. The third-order valence-electron chi connectivity index (χ3n) is 6.76. The van der Waals surface area contributed by atoms with E-state index in [4.69, 9.17) is 44.0 Å². The van der Waals surface area contributed by atoms with Gasteiger partial charge in [-0.15, -0.1) is 5.10 Å². The second kappa shape index (κ2) is 10.1. The van der Waals surface area contributed by atoms with Gasteiger partial charge in [0.15, 0.2) is 5.65 Å². The summed E-state index contributed by atoms with van der Waals surface area (Å²) in [6.45, 7) is 3.28. The van der Waals surface area contributed by atoms with Crippen LogP contribution in [0.1, 0.15) is 5.56 Å². The molecule has 0 spiro atoms. The highest BCUT2D eigenvalue weighted by molar-refractivity contribution is 6.42. The molecular weight excluding hydrogens is 524 g/mol. The number of piperazine rings is 1. The van der Waals surface area contributed by atoms with E-state index in [9.17, 15) is 4.39 Å². The zero-order valence-electron chi connectivity index (χ0n) is 20.4. The summed E-state index contributed by atoms with van der Waals surface area (Å²) in [5.74, 6) is 0.519. The van der Waals surface area contributed by atoms with E-state index >= 15 is 0 Å². The predicted molar refractivity (Wildman–Crippen MR) is 152 cm³/mol. The molecule has 38 heavy (non-hydrogen) atoms. The van der Waals surface area contributed by atoms with E-state index in [1.54, 1.807) is 28.9 Å². The molecule has 3 heterocycles. The Labute approximate surface area is 229 Å². The summed E-state index contributed by atoms with van der Waals surface area (Å²) in [7, 11) is 0. The van der Waals surface area contributed by atoms with Gasteiger partial charge in [0.25, 0.3) is 0 Å². The first-order valence-electron chi connectivity index (χ1n) is 12.3. The minimum absolute atomic E-state index is 0.363. The lowest BCUT2D eigenvalue weighted by atomic mass is 10.1. The van der Waals surface area contributed by atoms with E-state index in [0.29, 0.717) is 63.7 Å². The Balaban J connectivity index is 1.37. The smallest absolute Gasteiger partial charge is 0.228 e. The normalized spacial score (nSPS) is 13.9. The lowest BCUT2D eigenvalue weighted by Crippen LogP contribution is -2.47. The number of hydrogen-bond donors (Lipinski definition) is 1. The third-order valence-corrected chi connectivity index (χ3v) is 7.50. The summed E-state index contributed by atoms with van der Waals surface area (Å²) in [4.78, 5) is 14.0. The fourth-order valence-electron chi connectivity index (χ4n) is 4.76. The van der Waals surface area contributed by atoms with Gasteiger partial charge < -0.3 is 15.5 Å². The number of nitrogens with zero attached hydrogens (tertiary/aromatic N) is 6. The Morgan fingerprint density at radius 2 is 1.53 bits per heavy atom. The fourth-order valence-corrected chi connectivity index (χ4v) is 5.05. The second-order valence-electron chi connectivity index (χ2n) is 9.15. The van der Waals surface area contributed by atoms with Crippen LogP contribution in [0.15, 0.2) is 72.8 Å². The molecule has 192 valence electrons. The Morgan fingerprint density at radius 1 is 0.816 bits per heavy atom. The van der Waals surface area contributed by atoms with Crippen LogP contribution in [0.4, 0.5) is 21.8 Å². The van der Waals surface area contributed by atoms with Gasteiger partial charge in [0, 0.05) is 37.4 Å². The second-order valence-corrected chi connectivity index (χ2v) is 9.97. The molecule has 1 aliphatic heterocycles. The van der Waals surface area contributed by atoms with Gasteiger partial charge in [-0.1, -0.05) is 65.7 Å². The highest BCUT2D eigenvalue weighted by Crippen LogP contribution is 2.34. The molecule has 5 aromatic rings. The van der Waals surface area contributed by atoms with Crippen LogP contribution >= 0.6 is 23.2 Å². The van der Waals surface area contributed by atoms with Crippen molar-refractivity contribution >= 4 is 51.7 Å². The molecule has 0 aliphatic carbocycles. The van der Waals surface area contributed by atoms with Crippen molar-refractivity contribution in [2.45, 2.75) is 6.54 Å². The average molecular weight is 548 g/mol. The van der Waals surface area contributed by atoms with Crippen LogP contribution in [-0.4, -0.2) is 45.9 Å². The molecule has 0 unspecified atom stereocenters. The number of aromatic nitrogens is 4. The number of anilines is 3. The number of nitrogens with two attached hydrogens (primary N) is 1. The van der Waals surface area contributed by atoms with Gasteiger partial charge in [0.1, 0.15) is 11.6 Å². The summed E-state index contributed by atoms with van der Waals surface area (Å²) < 4.78 is 16.7. The van der Waals surface area contributed by atoms with Crippen molar-refractivity contribution in [3.05, 3.63) is 94.2 Å². The first-order chi connectivity index (χ1) is 18.5. The van der Waals surface area contributed by atoms with Gasteiger partial charge in [-0.3, -0.25) is 0 Å². The maximum absolute atomic E-state index is 15.0. The fraction of sp³-hybridized carbons (Fsp3) is 0.179. The summed E-state index contributed by atoms with van der Waals surface area (Å²) >= 11 is 12.3. The van der Waals surface area contributed by atoms with Crippen LogP contribution < -0.4 is 15.5 Å². The van der Waals surface area contributed by atoms with Crippen molar-refractivity contribution in [2.75, 3.05) is 41.7 Å². The number of fused-ring (bicyclic) bond motifs is 1. The molecule has 1 aliphatic rings. The van der Waals surface area contributed by atoms with Gasteiger partial charge in [-0.05, 0) is 35.9 Å². The molecule has 0 amide bonds. The SMILES string of the molecule is Nc1c2c(-c3ccccc3F)nc(N3CCN(c4ccc(Cl)c(Cl)c4)CC3)nc2nn1Cc1ccccc1. The molecular formula is C28H24Cl2FN7. The molecule has 6 rings (SSSR count). The summed E-state index contributed by atoms with van der Waals surface area (Å²) in [6, 6.07) is 22.1. The molecule has 1 saturated heterocycles. The van der Waals surface area contributed by atoms with Crippen molar-refractivity contribution < 1.29 is 4.39 Å². The monoisotopic (exact) mass is 547 g/mol. The first kappa shape index (κ1) is 24.5. The van der Waals surface area contributed by atoms with Gasteiger partial charge in [0.05, 0.1) is 27.7 Å². The maximum Gasteiger partial charge on any atom is 0.228 e. The maximum atomic E-state index is 15.0. The minimum Gasteiger partial charge on any atom is -0.383 e. The van der Waals surface area contributed by atoms with Crippen molar-refractivity contribution in [2.24, 2.45) is 0 Å². The number of rotatable bonds is 5. The van der Waals surface area contributed by atoms with Crippen LogP contribution in [0, 0.1) is 5.82 Å². The van der Waals surface area contributed by atoms with Crippen LogP contribution in [0.5, 0.6) is 0 Å². The molecule has 3 aromatic carbocycles. The highest BCUT2D eigenvalue weighted by Gasteiger charge is 2.25. The molecule has 1 fully saturated rings. The summed E-state index contributed by atoms with van der Waals surface area (Å²) in [6.07, 6.45) is 0. The van der Waals surface area contributed by atoms with Crippen molar-refractivity contribution in [3.8, 4) is 11.3 Å². The third kappa shape index (κ3) is 4.61. The van der Waals surface area contributed by atoms with E-state index in [2.05, 4.69) is 9.80 Å². The molecule has 10 heteroatoms. The largest absolute Gasteiger partial charge is 0.383 e. The van der Waals surface area contributed by atoms with Crippen molar-refractivity contribution in [1.29, 1.82) is 0 Å². The van der Waals surface area contributed by atoms with Gasteiger partial charge in [-0.25, -0.2) is 14.1 Å². The van der Waals surface area contributed by atoms with Crippen LogP contribution in [0.2, 0.25) is 10.0 Å². The van der Waals surface area contributed by atoms with E-state index in [-0.39, 0.29) is 5.82 Å². The van der Waals surface area contributed by atoms with Crippen molar-refractivity contribution in [1.82, 2.24) is 19.7 Å². The Hall–Kier alpha value is -3.88. The molecule has 0 atom stereocenters. The Bertz CT molecular complexity index is 1620. The minimum atomic E-state index is -0.377. The zero-order valence-corrected chi connectivity index (χ0v) is 21.9. The number of halogens is 3. The van der Waals surface area contributed by atoms with Crippen LogP contribution in [0.3, 0.4) is 0 Å². The average Bonchev–Trinajstić information content (AvgIpc) is 3.25. The molecule has 2 N–H and O–H groups in total. The van der Waals surface area contributed by atoms with Gasteiger partial charge in [0.2, 0.25) is 5.95 Å². The van der Waals surface area contributed by atoms with E-state index < -0.39 is 0 Å². The van der Waals surface area contributed by atoms with E-state index in [1.165, 1.54) is 6.07 Å². The number of benzene rings is 3. The van der Waals surface area contributed by atoms with Crippen LogP contribution in [-0.2, 0) is 6.54 Å². The van der Waals surface area contributed by atoms with Crippen LogP contribution in [0.25, 0.3) is 22.3 Å². The topological polar surface area (TPSA) is 76.1 Å². The van der Waals surface area contributed by atoms with Crippen molar-refractivity contribution in [3.63, 3.8) is 0 Å². The molecule has 7 nitrogen and oxygen atoms in total. The Kier molecular flexibility index (Phi) is 6.51. The lowest BCUT2D eigenvalue weighted by molar-refractivity contribution is 0.629. The highest BCUT2D eigenvalue weighted by atomic mass is 35.5. The van der Waals surface area contributed by atoms with Gasteiger partial charge in [-0.2, -0.15) is 4.98 Å². The summed E-state index contributed by atoms with van der Waals surface area (Å²) in [5, 5.41) is 6.32. The molecule has 2 aromatic heterocycles. The standard InChI is InChI=1S/C28H24Cl2FN7/c29-21-11-10-19(16-22(21)30)36-12-14-37(15-13-36)28-33-25(20-8-4-5-9-23(20)31)24-26(32)38(35-27(24)34-28)17-18-6-2-1-3-7-18/h1-11,16H,12-15,17,32H2. The molecule has 0 bridgehead atoms. The van der Waals surface area contributed by atoms with E-state index in [0.717, 1.165) is 24.3 Å². The van der Waals surface area contributed by atoms with E-state index in [1.807, 2.05) is 42.5 Å². The lowest BCUT2D eigenvalue weighted by Gasteiger charge is -2.36. The predicted octanol–water partition coefficient (Wildman–Crippen LogP) is 5.90.